The van der Waals surface area contributed by atoms with Crippen molar-refractivity contribution < 1.29 is 0 Å². The zero-order valence-corrected chi connectivity index (χ0v) is 6.46. The molecule has 0 atom stereocenters. The maximum Gasteiger partial charge on any atom is 0.0440 e. The van der Waals surface area contributed by atoms with Crippen molar-refractivity contribution >= 4 is 5.71 Å². The van der Waals surface area contributed by atoms with Gasteiger partial charge in [-0.15, -0.1) is 0 Å². The molecule has 0 saturated carbocycles. The molecule has 56 valence electrons. The van der Waals surface area contributed by atoms with Crippen LogP contribution >= 0.6 is 0 Å². The molecule has 0 saturated heterocycles. The lowest BCUT2D eigenvalue weighted by Gasteiger charge is -1.95. The number of hydrogen-bond donors (Lipinski definition) is 0. The van der Waals surface area contributed by atoms with Crippen LogP contribution in [0.25, 0.3) is 0 Å². The number of allylic oxidation sites excluding steroid dienone is 5. The Morgan fingerprint density at radius 3 is 2.45 bits per heavy atom. The summed E-state index contributed by atoms with van der Waals surface area (Å²) >= 11 is 0. The lowest BCUT2D eigenvalue weighted by atomic mass is 10.3. The van der Waals surface area contributed by atoms with Crippen molar-refractivity contribution in [2.75, 3.05) is 0 Å². The molecule has 0 fully saturated rings. The molecule has 11 heavy (non-hydrogen) atoms. The van der Waals surface area contributed by atoms with E-state index in [4.69, 9.17) is 0 Å². The molecular formula is C10H11N. The Labute approximate surface area is 66.8 Å². The van der Waals surface area contributed by atoms with E-state index >= 15 is 0 Å². The minimum absolute atomic E-state index is 1.02. The minimum atomic E-state index is 1.02. The Bertz CT molecular complexity index is 257. The molecule has 0 amide bonds. The molecule has 0 heterocycles. The Morgan fingerprint density at radius 2 is 1.82 bits per heavy atom. The van der Waals surface area contributed by atoms with Gasteiger partial charge >= 0.3 is 0 Å². The van der Waals surface area contributed by atoms with Gasteiger partial charge in [0.25, 0.3) is 0 Å². The summed E-state index contributed by atoms with van der Waals surface area (Å²) < 4.78 is 0. The molecule has 0 bridgehead atoms. The van der Waals surface area contributed by atoms with Crippen molar-refractivity contribution in [3.05, 3.63) is 36.1 Å². The van der Waals surface area contributed by atoms with Crippen LogP contribution in [0.15, 0.2) is 41.1 Å². The van der Waals surface area contributed by atoms with Crippen LogP contribution in [0.1, 0.15) is 19.3 Å². The van der Waals surface area contributed by atoms with Gasteiger partial charge in [0.15, 0.2) is 0 Å². The third-order valence-electron chi connectivity index (χ3n) is 1.93. The molecule has 0 aromatic heterocycles. The van der Waals surface area contributed by atoms with E-state index in [1.54, 1.807) is 0 Å². The summed E-state index contributed by atoms with van der Waals surface area (Å²) in [5, 5.41) is 0. The normalized spacial score (nSPS) is 21.1. The van der Waals surface area contributed by atoms with Gasteiger partial charge in [0.2, 0.25) is 0 Å². The van der Waals surface area contributed by atoms with Crippen LogP contribution in [-0.4, -0.2) is 5.71 Å². The predicted octanol–water partition coefficient (Wildman–Crippen LogP) is 2.62. The van der Waals surface area contributed by atoms with Gasteiger partial charge in [-0.1, -0.05) is 24.3 Å². The molecule has 0 aliphatic heterocycles. The lowest BCUT2D eigenvalue weighted by molar-refractivity contribution is 1.17. The van der Waals surface area contributed by atoms with Crippen molar-refractivity contribution in [1.82, 2.24) is 0 Å². The smallest absolute Gasteiger partial charge is 0.0440 e. The highest BCUT2D eigenvalue weighted by Crippen LogP contribution is 2.15. The van der Waals surface area contributed by atoms with Gasteiger partial charge in [0, 0.05) is 30.7 Å². The standard InChI is InChI=1S/C10H11N/c1-2-6-9(5-1)11-10-7-3-4-8-10/h1-5H,6-8H2. The van der Waals surface area contributed by atoms with Gasteiger partial charge in [0.05, 0.1) is 0 Å². The van der Waals surface area contributed by atoms with E-state index in [0.29, 0.717) is 0 Å². The van der Waals surface area contributed by atoms with Gasteiger partial charge in [0.1, 0.15) is 0 Å². The highest BCUT2D eigenvalue weighted by atomic mass is 14.8. The van der Waals surface area contributed by atoms with E-state index in [0.717, 1.165) is 19.3 Å². The summed E-state index contributed by atoms with van der Waals surface area (Å²) in [6.45, 7) is 0. The van der Waals surface area contributed by atoms with Gasteiger partial charge in [-0.05, 0) is 6.08 Å². The molecular weight excluding hydrogens is 134 g/mol. The first kappa shape index (κ1) is 6.59. The molecule has 1 nitrogen and oxygen atoms in total. The van der Waals surface area contributed by atoms with Gasteiger partial charge in [-0.3, -0.25) is 4.99 Å². The van der Waals surface area contributed by atoms with Crippen LogP contribution in [0.2, 0.25) is 0 Å². The predicted molar refractivity (Wildman–Crippen MR) is 47.6 cm³/mol. The van der Waals surface area contributed by atoms with Crippen LogP contribution < -0.4 is 0 Å². The van der Waals surface area contributed by atoms with Crippen molar-refractivity contribution in [3.63, 3.8) is 0 Å². The Kier molecular flexibility index (Phi) is 1.72. The zero-order chi connectivity index (χ0) is 7.52. The van der Waals surface area contributed by atoms with Crippen molar-refractivity contribution in [2.24, 2.45) is 4.99 Å². The van der Waals surface area contributed by atoms with Crippen LogP contribution in [0, 0.1) is 0 Å². The Morgan fingerprint density at radius 1 is 1.00 bits per heavy atom. The van der Waals surface area contributed by atoms with Gasteiger partial charge in [-0.25, -0.2) is 0 Å². The fraction of sp³-hybridized carbons (Fsp3) is 0.300. The fourth-order valence-electron chi connectivity index (χ4n) is 1.34. The number of hydrogen-bond acceptors (Lipinski definition) is 1. The summed E-state index contributed by atoms with van der Waals surface area (Å²) in [5.41, 5.74) is 2.52. The molecule has 0 N–H and O–H groups in total. The maximum atomic E-state index is 4.53. The topological polar surface area (TPSA) is 12.4 Å². The molecule has 2 rings (SSSR count). The van der Waals surface area contributed by atoms with Crippen LogP contribution in [0.4, 0.5) is 0 Å². The average molecular weight is 145 g/mol. The van der Waals surface area contributed by atoms with Crippen molar-refractivity contribution in [3.8, 4) is 0 Å². The molecule has 0 spiro atoms. The summed E-state index contributed by atoms with van der Waals surface area (Å²) in [6.07, 6.45) is 13.8. The maximum absolute atomic E-state index is 4.53. The molecule has 0 aromatic rings. The van der Waals surface area contributed by atoms with Crippen molar-refractivity contribution in [2.45, 2.75) is 19.3 Å². The average Bonchev–Trinajstić information content (AvgIpc) is 2.60. The monoisotopic (exact) mass is 145 g/mol. The fourth-order valence-corrected chi connectivity index (χ4v) is 1.34. The zero-order valence-electron chi connectivity index (χ0n) is 6.46. The van der Waals surface area contributed by atoms with Crippen LogP contribution in [-0.2, 0) is 0 Å². The largest absolute Gasteiger partial charge is 0.261 e. The number of rotatable bonds is 1. The third-order valence-corrected chi connectivity index (χ3v) is 1.93. The second kappa shape index (κ2) is 2.87. The highest BCUT2D eigenvalue weighted by molar-refractivity contribution is 5.90. The van der Waals surface area contributed by atoms with E-state index in [-0.39, 0.29) is 0 Å². The van der Waals surface area contributed by atoms with Gasteiger partial charge in [-0.2, -0.15) is 0 Å². The number of aliphatic imine (C=N–C) groups is 1. The quantitative estimate of drug-likeness (QED) is 0.503. The molecule has 0 radical (unpaired) electrons. The van der Waals surface area contributed by atoms with E-state index in [1.165, 1.54) is 11.4 Å². The molecule has 0 aromatic carbocycles. The second-order valence-corrected chi connectivity index (χ2v) is 2.85. The van der Waals surface area contributed by atoms with E-state index in [1.807, 2.05) is 0 Å². The first-order chi connectivity index (χ1) is 5.45. The van der Waals surface area contributed by atoms with E-state index in [9.17, 15) is 0 Å². The Hall–Kier alpha value is -1.11. The lowest BCUT2D eigenvalue weighted by Crippen LogP contribution is -1.89. The first-order valence-electron chi connectivity index (χ1n) is 4.02. The third kappa shape index (κ3) is 1.48. The summed E-state index contributed by atoms with van der Waals surface area (Å²) in [6, 6.07) is 0. The SMILES string of the molecule is C1=CCC(N=C2CC=CC2)=C1. The number of nitrogens with zero attached hydrogens (tertiary/aromatic N) is 1. The second-order valence-electron chi connectivity index (χ2n) is 2.85. The summed E-state index contributed by atoms with van der Waals surface area (Å²) in [5.74, 6) is 0. The van der Waals surface area contributed by atoms with E-state index < -0.39 is 0 Å². The highest BCUT2D eigenvalue weighted by Gasteiger charge is 2.03. The minimum Gasteiger partial charge on any atom is -0.261 e. The van der Waals surface area contributed by atoms with Crippen LogP contribution in [0.5, 0.6) is 0 Å². The van der Waals surface area contributed by atoms with Crippen LogP contribution in [0.3, 0.4) is 0 Å². The molecule has 1 heteroatoms. The molecule has 2 aliphatic carbocycles. The molecule has 2 aliphatic rings. The first-order valence-corrected chi connectivity index (χ1v) is 4.02. The molecule has 0 unspecified atom stereocenters. The van der Waals surface area contributed by atoms with E-state index in [2.05, 4.69) is 35.4 Å². The Balaban J connectivity index is 2.03. The van der Waals surface area contributed by atoms with Gasteiger partial charge < -0.3 is 0 Å². The summed E-state index contributed by atoms with van der Waals surface area (Å²) in [7, 11) is 0. The van der Waals surface area contributed by atoms with Crippen molar-refractivity contribution in [1.29, 1.82) is 0 Å². The summed E-state index contributed by atoms with van der Waals surface area (Å²) in [4.78, 5) is 4.53.